The fraction of sp³-hybridized carbons (Fsp3) is 0.476. The molecular formula is C21H26N2OS. The lowest BCUT2D eigenvalue weighted by Gasteiger charge is -2.35. The summed E-state index contributed by atoms with van der Waals surface area (Å²) in [6.45, 7) is 6.90. The molecule has 132 valence electrons. The van der Waals surface area contributed by atoms with Crippen LogP contribution in [0.2, 0.25) is 0 Å². The summed E-state index contributed by atoms with van der Waals surface area (Å²) in [5.74, 6) is 1.02. The van der Waals surface area contributed by atoms with Gasteiger partial charge in [0.25, 0.3) is 5.91 Å². The summed E-state index contributed by atoms with van der Waals surface area (Å²) in [6.07, 6.45) is 3.45. The number of piperazine rings is 1. The maximum atomic E-state index is 13.0. The van der Waals surface area contributed by atoms with E-state index in [0.717, 1.165) is 57.0 Å². The Balaban J connectivity index is 1.37. The van der Waals surface area contributed by atoms with E-state index in [9.17, 15) is 4.79 Å². The summed E-state index contributed by atoms with van der Waals surface area (Å²) in [4.78, 5) is 18.9. The minimum atomic E-state index is 0.256. The zero-order chi connectivity index (χ0) is 17.2. The standard InChI is InChI=1S/C21H26N2OS/c1-16-7-8-18-19(15-25-20(18)13-16)21(24)23-11-9-22(10-12-23)14-17-5-3-2-4-6-17/h2-6,15-16H,7-14H2,1H3. The zero-order valence-electron chi connectivity index (χ0n) is 14.9. The minimum absolute atomic E-state index is 0.256. The van der Waals surface area contributed by atoms with Crippen molar-refractivity contribution in [2.45, 2.75) is 32.7 Å². The van der Waals surface area contributed by atoms with Crippen molar-refractivity contribution in [2.24, 2.45) is 5.92 Å². The maximum Gasteiger partial charge on any atom is 0.255 e. The van der Waals surface area contributed by atoms with E-state index >= 15 is 0 Å². The van der Waals surface area contributed by atoms with Crippen LogP contribution in [-0.4, -0.2) is 41.9 Å². The van der Waals surface area contributed by atoms with Gasteiger partial charge >= 0.3 is 0 Å². The molecule has 1 unspecified atom stereocenters. The summed E-state index contributed by atoms with van der Waals surface area (Å²) in [5, 5.41) is 2.11. The van der Waals surface area contributed by atoms with Crippen molar-refractivity contribution in [3.8, 4) is 0 Å². The molecule has 0 N–H and O–H groups in total. The highest BCUT2D eigenvalue weighted by Gasteiger charge is 2.27. The van der Waals surface area contributed by atoms with E-state index in [2.05, 4.69) is 52.4 Å². The molecule has 1 fully saturated rings. The quantitative estimate of drug-likeness (QED) is 0.836. The molecule has 1 saturated heterocycles. The first kappa shape index (κ1) is 16.8. The second kappa shape index (κ2) is 7.30. The van der Waals surface area contributed by atoms with Gasteiger partial charge in [-0.2, -0.15) is 0 Å². The molecule has 1 amide bonds. The Kier molecular flexibility index (Phi) is 4.91. The predicted octanol–water partition coefficient (Wildman–Crippen LogP) is 3.83. The van der Waals surface area contributed by atoms with E-state index in [1.165, 1.54) is 22.4 Å². The average Bonchev–Trinajstić information content (AvgIpc) is 3.05. The van der Waals surface area contributed by atoms with Crippen molar-refractivity contribution >= 4 is 17.2 Å². The lowest BCUT2D eigenvalue weighted by atomic mass is 9.88. The van der Waals surface area contributed by atoms with Gasteiger partial charge in [0.15, 0.2) is 0 Å². The van der Waals surface area contributed by atoms with Crippen LogP contribution in [0.25, 0.3) is 0 Å². The van der Waals surface area contributed by atoms with Crippen molar-refractivity contribution in [3.05, 3.63) is 57.3 Å². The van der Waals surface area contributed by atoms with Crippen molar-refractivity contribution < 1.29 is 4.79 Å². The molecule has 1 atom stereocenters. The van der Waals surface area contributed by atoms with Crippen LogP contribution in [0.4, 0.5) is 0 Å². The van der Waals surface area contributed by atoms with Gasteiger partial charge in [-0.05, 0) is 36.3 Å². The fourth-order valence-electron chi connectivity index (χ4n) is 3.98. The van der Waals surface area contributed by atoms with Gasteiger partial charge in [-0.25, -0.2) is 0 Å². The second-order valence-electron chi connectivity index (χ2n) is 7.45. The third kappa shape index (κ3) is 3.65. The lowest BCUT2D eigenvalue weighted by molar-refractivity contribution is 0.0627. The summed E-state index contributed by atoms with van der Waals surface area (Å²) < 4.78 is 0. The molecule has 0 saturated carbocycles. The molecule has 2 heterocycles. The highest BCUT2D eigenvalue weighted by atomic mass is 32.1. The van der Waals surface area contributed by atoms with Gasteiger partial charge < -0.3 is 4.90 Å². The normalized spacial score (nSPS) is 21.2. The summed E-state index contributed by atoms with van der Waals surface area (Å²) >= 11 is 1.79. The summed E-state index contributed by atoms with van der Waals surface area (Å²) in [6, 6.07) is 10.6. The van der Waals surface area contributed by atoms with Gasteiger partial charge in [0.1, 0.15) is 0 Å². The van der Waals surface area contributed by atoms with Crippen LogP contribution in [-0.2, 0) is 19.4 Å². The first-order valence-corrected chi connectivity index (χ1v) is 10.2. The predicted molar refractivity (Wildman–Crippen MR) is 103 cm³/mol. The Morgan fingerprint density at radius 1 is 1.16 bits per heavy atom. The molecule has 1 aliphatic carbocycles. The Morgan fingerprint density at radius 2 is 1.92 bits per heavy atom. The lowest BCUT2D eigenvalue weighted by Crippen LogP contribution is -2.48. The van der Waals surface area contributed by atoms with E-state index in [1.807, 2.05) is 0 Å². The molecule has 4 heteroatoms. The van der Waals surface area contributed by atoms with Crippen LogP contribution in [0.3, 0.4) is 0 Å². The molecule has 2 aromatic rings. The maximum absolute atomic E-state index is 13.0. The number of hydrogen-bond donors (Lipinski definition) is 0. The number of carbonyl (C=O) groups excluding carboxylic acids is 1. The molecule has 1 aromatic heterocycles. The van der Waals surface area contributed by atoms with E-state index in [4.69, 9.17) is 0 Å². The molecule has 0 bridgehead atoms. The van der Waals surface area contributed by atoms with Crippen molar-refractivity contribution in [2.75, 3.05) is 26.2 Å². The number of amides is 1. The third-order valence-corrected chi connectivity index (χ3v) is 6.59. The average molecular weight is 355 g/mol. The monoisotopic (exact) mass is 354 g/mol. The molecule has 3 nitrogen and oxygen atoms in total. The number of hydrogen-bond acceptors (Lipinski definition) is 3. The Hall–Kier alpha value is -1.65. The molecule has 0 radical (unpaired) electrons. The SMILES string of the molecule is CC1CCc2c(C(=O)N3CCN(Cc4ccccc4)CC3)csc2C1. The van der Waals surface area contributed by atoms with Crippen LogP contribution < -0.4 is 0 Å². The van der Waals surface area contributed by atoms with E-state index in [-0.39, 0.29) is 5.91 Å². The second-order valence-corrected chi connectivity index (χ2v) is 8.42. The van der Waals surface area contributed by atoms with Crippen LogP contribution in [0, 0.1) is 5.92 Å². The highest BCUT2D eigenvalue weighted by molar-refractivity contribution is 7.10. The van der Waals surface area contributed by atoms with Crippen LogP contribution >= 0.6 is 11.3 Å². The number of thiophene rings is 1. The number of carbonyl (C=O) groups is 1. The van der Waals surface area contributed by atoms with Crippen LogP contribution in [0.5, 0.6) is 0 Å². The third-order valence-electron chi connectivity index (χ3n) is 5.54. The molecule has 25 heavy (non-hydrogen) atoms. The molecule has 2 aliphatic rings. The Bertz CT molecular complexity index is 732. The fourth-order valence-corrected chi connectivity index (χ4v) is 5.22. The molecule has 1 aromatic carbocycles. The number of fused-ring (bicyclic) bond motifs is 1. The van der Waals surface area contributed by atoms with Gasteiger partial charge in [-0.15, -0.1) is 11.3 Å². The topological polar surface area (TPSA) is 23.6 Å². The van der Waals surface area contributed by atoms with Crippen molar-refractivity contribution in [1.82, 2.24) is 9.80 Å². The first-order valence-electron chi connectivity index (χ1n) is 9.35. The highest BCUT2D eigenvalue weighted by Crippen LogP contribution is 2.33. The van der Waals surface area contributed by atoms with E-state index < -0.39 is 0 Å². The molecular weight excluding hydrogens is 328 g/mol. The number of benzene rings is 1. The number of rotatable bonds is 3. The zero-order valence-corrected chi connectivity index (χ0v) is 15.7. The number of nitrogens with zero attached hydrogens (tertiary/aromatic N) is 2. The Morgan fingerprint density at radius 3 is 2.68 bits per heavy atom. The molecule has 4 rings (SSSR count). The largest absolute Gasteiger partial charge is 0.336 e. The Labute approximate surface area is 154 Å². The van der Waals surface area contributed by atoms with Gasteiger partial charge in [0.2, 0.25) is 0 Å². The minimum Gasteiger partial charge on any atom is -0.336 e. The summed E-state index contributed by atoms with van der Waals surface area (Å²) in [7, 11) is 0. The smallest absolute Gasteiger partial charge is 0.255 e. The van der Waals surface area contributed by atoms with Crippen LogP contribution in [0.15, 0.2) is 35.7 Å². The van der Waals surface area contributed by atoms with Crippen LogP contribution in [0.1, 0.15) is 39.7 Å². The van der Waals surface area contributed by atoms with Gasteiger partial charge in [0, 0.05) is 43.0 Å². The van der Waals surface area contributed by atoms with Gasteiger partial charge in [-0.3, -0.25) is 9.69 Å². The van der Waals surface area contributed by atoms with Gasteiger partial charge in [0.05, 0.1) is 5.56 Å². The summed E-state index contributed by atoms with van der Waals surface area (Å²) in [5.41, 5.74) is 3.69. The van der Waals surface area contributed by atoms with Crippen molar-refractivity contribution in [3.63, 3.8) is 0 Å². The van der Waals surface area contributed by atoms with Crippen molar-refractivity contribution in [1.29, 1.82) is 0 Å². The molecule has 0 spiro atoms. The first-order chi connectivity index (χ1) is 12.2. The van der Waals surface area contributed by atoms with E-state index in [0.29, 0.717) is 0 Å². The van der Waals surface area contributed by atoms with Gasteiger partial charge in [-0.1, -0.05) is 37.3 Å². The molecule has 1 aliphatic heterocycles. The van der Waals surface area contributed by atoms with E-state index in [1.54, 1.807) is 11.3 Å².